The Labute approximate surface area is 143 Å². The van der Waals surface area contributed by atoms with Crippen LogP contribution < -0.4 is 22.7 Å². The lowest BCUT2D eigenvalue weighted by molar-refractivity contribution is 0.0523. The first kappa shape index (κ1) is 19.7. The zero-order valence-corrected chi connectivity index (χ0v) is 15.5. The van der Waals surface area contributed by atoms with E-state index in [0.717, 1.165) is 4.68 Å². The highest BCUT2D eigenvalue weighted by Crippen LogP contribution is 2.24. The molecular weight excluding hydrogens is 327 g/mol. The van der Waals surface area contributed by atoms with Crippen LogP contribution >= 0.6 is 9.24 Å². The van der Waals surface area contributed by atoms with Gasteiger partial charge in [0.1, 0.15) is 5.60 Å². The van der Waals surface area contributed by atoms with Crippen molar-refractivity contribution in [3.8, 4) is 0 Å². The number of hydrogen-bond acceptors (Lipinski definition) is 7. The Balaban J connectivity index is 0.00000139. The maximum Gasteiger partial charge on any atom is 0.435 e. The first-order chi connectivity index (χ1) is 11.2. The van der Waals surface area contributed by atoms with Crippen LogP contribution in [0.25, 0.3) is 16.6 Å². The molecule has 0 aliphatic carbocycles. The summed E-state index contributed by atoms with van der Waals surface area (Å²) in [5.41, 5.74) is 15.2. The zero-order valence-electron chi connectivity index (χ0n) is 14.3. The smallest absolute Gasteiger partial charge is 0.435 e. The molecule has 1 unspecified atom stereocenters. The number of hydrazine groups is 1. The Kier molecular flexibility index (Phi) is 6.57. The Hall–Kier alpha value is -2.31. The molecule has 0 radical (unpaired) electrons. The molecule has 0 fully saturated rings. The summed E-state index contributed by atoms with van der Waals surface area (Å²) in [7, 11) is 2.42. The first-order valence-corrected chi connectivity index (χ1v) is 8.40. The number of nitrogens with zero attached hydrogens (tertiary/aromatic N) is 2. The molecule has 7 N–H and O–H groups in total. The minimum atomic E-state index is -0.621. The van der Waals surface area contributed by atoms with Crippen molar-refractivity contribution in [2.75, 3.05) is 12.4 Å². The molecule has 132 valence electrons. The van der Waals surface area contributed by atoms with Gasteiger partial charge in [0, 0.05) is 11.6 Å². The van der Waals surface area contributed by atoms with E-state index in [1.54, 1.807) is 39.0 Å². The molecule has 8 nitrogen and oxygen atoms in total. The quantitative estimate of drug-likeness (QED) is 0.366. The lowest BCUT2D eigenvalue weighted by Gasteiger charge is -2.19. The molecule has 1 heterocycles. The van der Waals surface area contributed by atoms with Gasteiger partial charge < -0.3 is 21.6 Å². The molecule has 0 saturated carbocycles. The number of nitrogens with one attached hydrogen (secondary N) is 1. The van der Waals surface area contributed by atoms with Crippen LogP contribution in [0.2, 0.25) is 0 Å². The van der Waals surface area contributed by atoms with Crippen LogP contribution in [0.3, 0.4) is 0 Å². The minimum Gasteiger partial charge on any atom is -0.442 e. The molecule has 0 bridgehead atoms. The molecule has 0 amide bonds. The second kappa shape index (κ2) is 7.99. The van der Waals surface area contributed by atoms with Gasteiger partial charge in [-0.15, -0.1) is 14.3 Å². The first-order valence-electron chi connectivity index (χ1n) is 7.24. The average molecular weight is 352 g/mol. The number of fused-ring (bicyclic) bond motifs is 1. The SMILES string of the molecule is CC(C)(C)OC(=O)n1nc(N)c2cc(/C(N)=C/NN)ccc21.CP. The molecule has 0 saturated heterocycles. The second-order valence-electron chi connectivity index (χ2n) is 5.78. The molecule has 0 spiro atoms. The Bertz CT molecular complexity index is 748. The van der Waals surface area contributed by atoms with E-state index >= 15 is 0 Å². The number of aromatic nitrogens is 2. The summed E-state index contributed by atoms with van der Waals surface area (Å²) < 4.78 is 6.44. The number of nitrogen functional groups attached to an aromatic ring is 1. The van der Waals surface area contributed by atoms with E-state index in [2.05, 4.69) is 19.8 Å². The molecule has 24 heavy (non-hydrogen) atoms. The number of benzene rings is 1. The topological polar surface area (TPSA) is 134 Å². The van der Waals surface area contributed by atoms with E-state index in [4.69, 9.17) is 22.0 Å². The monoisotopic (exact) mass is 352 g/mol. The standard InChI is InChI=1S/C14H20N6O2.CH5P/c1-14(2,3)22-13(21)20-11-5-4-8(10(15)7-18-17)6-9(11)12(16)19-20;1-2/h4-7,18H,15,17H2,1-3H3,(H2,16,19);2H2,1H3/b10-7-;. The van der Waals surface area contributed by atoms with E-state index in [1.807, 2.05) is 6.66 Å². The van der Waals surface area contributed by atoms with Crippen LogP contribution in [0, 0.1) is 0 Å². The summed E-state index contributed by atoms with van der Waals surface area (Å²) in [5, 5.41) is 4.65. The van der Waals surface area contributed by atoms with Crippen LogP contribution in [0.1, 0.15) is 26.3 Å². The van der Waals surface area contributed by atoms with Gasteiger partial charge >= 0.3 is 6.09 Å². The molecular formula is C15H25N6O2P. The van der Waals surface area contributed by atoms with Crippen LogP contribution in [0.4, 0.5) is 10.6 Å². The number of ether oxygens (including phenoxy) is 1. The highest BCUT2D eigenvalue weighted by molar-refractivity contribution is 7.15. The Morgan fingerprint density at radius 3 is 2.54 bits per heavy atom. The fraction of sp³-hybridized carbons (Fsp3) is 0.333. The summed E-state index contributed by atoms with van der Waals surface area (Å²) in [6.07, 6.45) is 0.865. The normalized spacial score (nSPS) is 11.7. The molecule has 1 aromatic carbocycles. The summed E-state index contributed by atoms with van der Waals surface area (Å²) in [5.74, 6) is 5.42. The zero-order chi connectivity index (χ0) is 18.5. The van der Waals surface area contributed by atoms with Crippen molar-refractivity contribution in [3.05, 3.63) is 30.0 Å². The van der Waals surface area contributed by atoms with Crippen molar-refractivity contribution in [3.63, 3.8) is 0 Å². The third kappa shape index (κ3) is 4.59. The Morgan fingerprint density at radius 2 is 2.00 bits per heavy atom. The number of hydrogen-bond donors (Lipinski definition) is 4. The molecule has 0 aliphatic heterocycles. The molecule has 0 aliphatic rings. The van der Waals surface area contributed by atoms with Crippen molar-refractivity contribution < 1.29 is 9.53 Å². The van der Waals surface area contributed by atoms with Crippen molar-refractivity contribution in [2.45, 2.75) is 26.4 Å². The highest BCUT2D eigenvalue weighted by Gasteiger charge is 2.21. The van der Waals surface area contributed by atoms with E-state index < -0.39 is 11.7 Å². The fourth-order valence-corrected chi connectivity index (χ4v) is 1.94. The maximum absolute atomic E-state index is 12.2. The second-order valence-corrected chi connectivity index (χ2v) is 5.78. The van der Waals surface area contributed by atoms with Gasteiger partial charge in [0.15, 0.2) is 5.82 Å². The summed E-state index contributed by atoms with van der Waals surface area (Å²) >= 11 is 0. The Morgan fingerprint density at radius 1 is 1.38 bits per heavy atom. The minimum absolute atomic E-state index is 0.219. The third-order valence-electron chi connectivity index (χ3n) is 2.85. The van der Waals surface area contributed by atoms with E-state index in [-0.39, 0.29) is 5.82 Å². The predicted octanol–water partition coefficient (Wildman–Crippen LogP) is 1.61. The van der Waals surface area contributed by atoms with E-state index in [1.165, 1.54) is 6.20 Å². The van der Waals surface area contributed by atoms with Crippen molar-refractivity contribution in [2.24, 2.45) is 11.6 Å². The van der Waals surface area contributed by atoms with E-state index in [9.17, 15) is 4.79 Å². The molecule has 1 atom stereocenters. The van der Waals surface area contributed by atoms with Crippen LogP contribution in [0.5, 0.6) is 0 Å². The van der Waals surface area contributed by atoms with Gasteiger partial charge in [0.25, 0.3) is 0 Å². The number of anilines is 1. The van der Waals surface area contributed by atoms with Gasteiger partial charge in [-0.2, -0.15) is 4.68 Å². The van der Waals surface area contributed by atoms with Gasteiger partial charge in [-0.25, -0.2) is 4.79 Å². The number of nitrogens with two attached hydrogens (primary N) is 3. The van der Waals surface area contributed by atoms with Gasteiger partial charge in [0.05, 0.1) is 11.2 Å². The van der Waals surface area contributed by atoms with Gasteiger partial charge in [-0.1, -0.05) is 12.7 Å². The van der Waals surface area contributed by atoms with Gasteiger partial charge in [-0.3, -0.25) is 5.84 Å². The number of rotatable bonds is 2. The fourth-order valence-electron chi connectivity index (χ4n) is 1.94. The van der Waals surface area contributed by atoms with Crippen molar-refractivity contribution in [1.29, 1.82) is 0 Å². The van der Waals surface area contributed by atoms with Crippen molar-refractivity contribution in [1.82, 2.24) is 15.2 Å². The van der Waals surface area contributed by atoms with Crippen LogP contribution in [-0.4, -0.2) is 28.1 Å². The lowest BCUT2D eigenvalue weighted by atomic mass is 10.1. The number of carbonyl (C=O) groups is 1. The summed E-state index contributed by atoms with van der Waals surface area (Å²) in [4.78, 5) is 12.2. The highest BCUT2D eigenvalue weighted by atomic mass is 31.0. The molecule has 2 aromatic rings. The lowest BCUT2D eigenvalue weighted by Crippen LogP contribution is -2.27. The predicted molar refractivity (Wildman–Crippen MR) is 101 cm³/mol. The van der Waals surface area contributed by atoms with Crippen LogP contribution in [0.15, 0.2) is 24.4 Å². The molecule has 9 heteroatoms. The third-order valence-corrected chi connectivity index (χ3v) is 2.85. The van der Waals surface area contributed by atoms with Crippen LogP contribution in [-0.2, 0) is 4.74 Å². The largest absolute Gasteiger partial charge is 0.442 e. The average Bonchev–Trinajstić information content (AvgIpc) is 2.85. The summed E-state index contributed by atoms with van der Waals surface area (Å²) in [6, 6.07) is 5.18. The summed E-state index contributed by atoms with van der Waals surface area (Å²) in [6.45, 7) is 7.26. The maximum atomic E-state index is 12.2. The van der Waals surface area contributed by atoms with Crippen molar-refractivity contribution >= 4 is 37.8 Å². The van der Waals surface area contributed by atoms with Gasteiger partial charge in [0.2, 0.25) is 0 Å². The molecule has 1 aromatic heterocycles. The van der Waals surface area contributed by atoms with Gasteiger partial charge in [-0.05, 0) is 38.5 Å². The molecule has 2 rings (SSSR count). The number of carbonyl (C=O) groups excluding carboxylic acids is 1. The van der Waals surface area contributed by atoms with E-state index in [0.29, 0.717) is 22.2 Å².